The Kier molecular flexibility index (Phi) is 6.27. The van der Waals surface area contributed by atoms with Gasteiger partial charge >= 0.3 is 13.2 Å². The third-order valence-corrected chi connectivity index (χ3v) is 5.93. The maximum Gasteiger partial charge on any atom is 0.491 e. The number of rotatable bonds is 8. The molecular weight excluding hydrogens is 381 g/mol. The molecule has 0 unspecified atom stereocenters. The summed E-state index contributed by atoms with van der Waals surface area (Å²) in [5.41, 5.74) is -0.00639. The minimum absolute atomic E-state index is 0.224. The third-order valence-electron chi connectivity index (χ3n) is 5.93. The van der Waals surface area contributed by atoms with Crippen molar-refractivity contribution in [3.05, 3.63) is 65.7 Å². The normalized spacial score (nSPS) is 15.4. The number of carbonyl (C=O) groups excluding carboxylic acids is 1. The topological polar surface area (TPSA) is 88.0 Å². The van der Waals surface area contributed by atoms with Gasteiger partial charge in [-0.2, -0.15) is 0 Å². The second-order valence-electron chi connectivity index (χ2n) is 8.93. The summed E-state index contributed by atoms with van der Waals surface area (Å²) in [6.45, 7) is 6.97. The molecule has 1 amide bonds. The molecule has 0 spiro atoms. The first-order valence-corrected chi connectivity index (χ1v) is 10.2. The lowest BCUT2D eigenvalue weighted by molar-refractivity contribution is -0.0982. The van der Waals surface area contributed by atoms with Gasteiger partial charge in [0.25, 0.3) is 0 Å². The van der Waals surface area contributed by atoms with Crippen LogP contribution in [0.5, 0.6) is 0 Å². The van der Waals surface area contributed by atoms with Crippen molar-refractivity contribution in [2.75, 3.05) is 0 Å². The van der Waals surface area contributed by atoms with Crippen molar-refractivity contribution in [3.8, 4) is 0 Å². The number of hydrogen-bond donors (Lipinski definition) is 3. The number of carbonyl (C=O) groups is 1. The van der Waals surface area contributed by atoms with Crippen LogP contribution in [-0.2, 0) is 21.5 Å². The summed E-state index contributed by atoms with van der Waals surface area (Å²) >= 11 is 0. The molecule has 1 saturated carbocycles. The summed E-state index contributed by atoms with van der Waals surface area (Å²) in [5.74, 6) is 0. The number of alkyl carbamates (subject to hydrolysis) is 1. The van der Waals surface area contributed by atoms with Crippen LogP contribution in [0.2, 0.25) is 0 Å². The summed E-state index contributed by atoms with van der Waals surface area (Å²) in [7, 11) is -1.17. The van der Waals surface area contributed by atoms with Crippen LogP contribution < -0.4 is 10.8 Å². The number of ether oxygens (including phenoxy) is 1. The standard InChI is InChI=1S/C23H30BNO5/c1-21(2,27)22(3,4)30-24(28)19-12-10-18(11-13-19)23(14-15-23)25-20(26)29-16-17-8-6-5-7-9-17/h5-13,27-28H,14-16H2,1-4H3,(H,25,26). The molecule has 1 aliphatic rings. The molecule has 2 aromatic carbocycles. The molecule has 160 valence electrons. The van der Waals surface area contributed by atoms with E-state index in [1.165, 1.54) is 0 Å². The molecule has 1 aliphatic carbocycles. The van der Waals surface area contributed by atoms with Gasteiger partial charge in [0.1, 0.15) is 6.61 Å². The maximum absolute atomic E-state index is 12.3. The van der Waals surface area contributed by atoms with Crippen LogP contribution in [0, 0.1) is 0 Å². The van der Waals surface area contributed by atoms with E-state index in [-0.39, 0.29) is 6.61 Å². The van der Waals surface area contributed by atoms with Gasteiger partial charge in [-0.25, -0.2) is 4.79 Å². The Morgan fingerprint density at radius 1 is 1.07 bits per heavy atom. The fraction of sp³-hybridized carbons (Fsp3) is 0.435. The highest BCUT2D eigenvalue weighted by Crippen LogP contribution is 2.45. The second-order valence-corrected chi connectivity index (χ2v) is 8.93. The summed E-state index contributed by atoms with van der Waals surface area (Å²) in [4.78, 5) is 12.3. The lowest BCUT2D eigenvalue weighted by Crippen LogP contribution is -2.53. The number of nitrogens with one attached hydrogen (secondary N) is 1. The molecule has 7 heteroatoms. The largest absolute Gasteiger partial charge is 0.491 e. The summed E-state index contributed by atoms with van der Waals surface area (Å²) in [6, 6.07) is 16.8. The molecule has 0 aromatic heterocycles. The first-order valence-electron chi connectivity index (χ1n) is 10.2. The van der Waals surface area contributed by atoms with Crippen LogP contribution in [0.15, 0.2) is 54.6 Å². The van der Waals surface area contributed by atoms with Gasteiger partial charge in [-0.3, -0.25) is 0 Å². The zero-order valence-electron chi connectivity index (χ0n) is 18.0. The molecule has 6 nitrogen and oxygen atoms in total. The molecule has 0 atom stereocenters. The van der Waals surface area contributed by atoms with Crippen molar-refractivity contribution in [3.63, 3.8) is 0 Å². The Labute approximate surface area is 178 Å². The van der Waals surface area contributed by atoms with Crippen molar-refractivity contribution in [1.82, 2.24) is 5.32 Å². The van der Waals surface area contributed by atoms with Crippen molar-refractivity contribution in [2.45, 2.75) is 63.9 Å². The van der Waals surface area contributed by atoms with Crippen molar-refractivity contribution >= 4 is 18.7 Å². The first kappa shape index (κ1) is 22.3. The van der Waals surface area contributed by atoms with Gasteiger partial charge in [0.2, 0.25) is 0 Å². The summed E-state index contributed by atoms with van der Waals surface area (Å²) < 4.78 is 11.0. The average Bonchev–Trinajstić information content (AvgIpc) is 3.46. The van der Waals surface area contributed by atoms with Crippen molar-refractivity contribution in [2.24, 2.45) is 0 Å². The van der Waals surface area contributed by atoms with E-state index < -0.39 is 30.0 Å². The first-order chi connectivity index (χ1) is 14.0. The van der Waals surface area contributed by atoms with E-state index in [4.69, 9.17) is 9.39 Å². The molecule has 0 saturated heterocycles. The smallest absolute Gasteiger partial charge is 0.445 e. The van der Waals surface area contributed by atoms with E-state index >= 15 is 0 Å². The number of amides is 1. The monoisotopic (exact) mass is 411 g/mol. The number of hydrogen-bond acceptors (Lipinski definition) is 5. The SMILES string of the molecule is CC(C)(O)C(C)(C)OB(O)c1ccc(C2(NC(=O)OCc3ccccc3)CC2)cc1. The molecule has 3 rings (SSSR count). The molecule has 2 aromatic rings. The van der Waals surface area contributed by atoms with Crippen LogP contribution in [0.3, 0.4) is 0 Å². The van der Waals surface area contributed by atoms with Crippen LogP contribution in [0.4, 0.5) is 4.79 Å². The Morgan fingerprint density at radius 2 is 1.67 bits per heavy atom. The van der Waals surface area contributed by atoms with Gasteiger partial charge in [0.05, 0.1) is 16.7 Å². The predicted octanol–water partition coefficient (Wildman–Crippen LogP) is 2.86. The van der Waals surface area contributed by atoms with Gasteiger partial charge < -0.3 is 24.8 Å². The highest BCUT2D eigenvalue weighted by molar-refractivity contribution is 6.60. The number of benzene rings is 2. The van der Waals surface area contributed by atoms with Crippen LogP contribution in [-0.4, -0.2) is 34.5 Å². The zero-order chi connectivity index (χ0) is 22.0. The highest BCUT2D eigenvalue weighted by Gasteiger charge is 2.46. The van der Waals surface area contributed by atoms with E-state index in [1.54, 1.807) is 39.8 Å². The molecule has 0 heterocycles. The number of aliphatic hydroxyl groups is 1. The Hall–Kier alpha value is -2.35. The summed E-state index contributed by atoms with van der Waals surface area (Å²) in [6.07, 6.45) is 1.21. The fourth-order valence-electron chi connectivity index (χ4n) is 3.02. The minimum Gasteiger partial charge on any atom is -0.445 e. The summed E-state index contributed by atoms with van der Waals surface area (Å²) in [5, 5.41) is 23.6. The zero-order valence-corrected chi connectivity index (χ0v) is 18.0. The van der Waals surface area contributed by atoms with E-state index in [0.717, 1.165) is 24.0 Å². The fourth-order valence-corrected chi connectivity index (χ4v) is 3.02. The molecule has 1 fully saturated rings. The van der Waals surface area contributed by atoms with Crippen LogP contribution in [0.25, 0.3) is 0 Å². The van der Waals surface area contributed by atoms with Gasteiger partial charge in [-0.1, -0.05) is 54.6 Å². The van der Waals surface area contributed by atoms with Gasteiger partial charge in [0.15, 0.2) is 0 Å². The van der Waals surface area contributed by atoms with E-state index in [1.807, 2.05) is 42.5 Å². The molecule has 0 radical (unpaired) electrons. The Morgan fingerprint density at radius 3 is 2.20 bits per heavy atom. The van der Waals surface area contributed by atoms with Gasteiger partial charge in [0, 0.05) is 0 Å². The molecule has 0 aliphatic heterocycles. The highest BCUT2D eigenvalue weighted by atomic mass is 16.6. The van der Waals surface area contributed by atoms with E-state index in [0.29, 0.717) is 5.46 Å². The second kappa shape index (κ2) is 8.42. The third kappa shape index (κ3) is 5.22. The molecule has 0 bridgehead atoms. The maximum atomic E-state index is 12.3. The van der Waals surface area contributed by atoms with Gasteiger partial charge in [-0.05, 0) is 57.1 Å². The van der Waals surface area contributed by atoms with E-state index in [2.05, 4.69) is 5.32 Å². The Balaban J connectivity index is 1.59. The quantitative estimate of drug-likeness (QED) is 0.582. The predicted molar refractivity (Wildman–Crippen MR) is 116 cm³/mol. The van der Waals surface area contributed by atoms with Crippen molar-refractivity contribution in [1.29, 1.82) is 0 Å². The molecule has 30 heavy (non-hydrogen) atoms. The lowest BCUT2D eigenvalue weighted by Gasteiger charge is -2.38. The molecular formula is C23H30BNO5. The van der Waals surface area contributed by atoms with E-state index in [9.17, 15) is 14.9 Å². The van der Waals surface area contributed by atoms with Gasteiger partial charge in [-0.15, -0.1) is 0 Å². The van der Waals surface area contributed by atoms with Crippen molar-refractivity contribution < 1.29 is 24.3 Å². The van der Waals surface area contributed by atoms with Crippen LogP contribution >= 0.6 is 0 Å². The van der Waals surface area contributed by atoms with Crippen LogP contribution in [0.1, 0.15) is 51.7 Å². The molecule has 3 N–H and O–H groups in total. The lowest BCUT2D eigenvalue weighted by atomic mass is 9.76. The minimum atomic E-state index is -1.17. The Bertz CT molecular complexity index is 857. The average molecular weight is 411 g/mol.